The average molecular weight is 314 g/mol. The first-order valence-electron chi connectivity index (χ1n) is 8.67. The molecule has 1 aliphatic rings. The van der Waals surface area contributed by atoms with E-state index in [1.54, 1.807) is 0 Å². The van der Waals surface area contributed by atoms with Crippen LogP contribution >= 0.6 is 0 Å². The smallest absolute Gasteiger partial charge is 0.0273 e. The van der Waals surface area contributed by atoms with E-state index < -0.39 is 0 Å². The lowest BCUT2D eigenvalue weighted by Gasteiger charge is -2.21. The Morgan fingerprint density at radius 1 is 0.833 bits per heavy atom. The largest absolute Gasteiger partial charge is 0.295 e. The summed E-state index contributed by atoms with van der Waals surface area (Å²) >= 11 is 0. The molecule has 1 aromatic heterocycles. The van der Waals surface area contributed by atoms with E-state index in [4.69, 9.17) is 0 Å². The Bertz CT molecular complexity index is 797. The van der Waals surface area contributed by atoms with Gasteiger partial charge in [0.25, 0.3) is 0 Å². The van der Waals surface area contributed by atoms with E-state index in [0.717, 1.165) is 19.6 Å². The van der Waals surface area contributed by atoms with Crippen LogP contribution in [0, 0.1) is 0 Å². The quantitative estimate of drug-likeness (QED) is 0.697. The maximum Gasteiger partial charge on any atom is 0.0273 e. The van der Waals surface area contributed by atoms with Crippen LogP contribution in [-0.4, -0.2) is 16.4 Å². The molecule has 0 spiro atoms. The molecule has 0 atom stereocenters. The summed E-state index contributed by atoms with van der Waals surface area (Å²) in [7, 11) is 0. The Morgan fingerprint density at radius 3 is 2.50 bits per heavy atom. The molecule has 120 valence electrons. The summed E-state index contributed by atoms with van der Waals surface area (Å²) in [5.41, 5.74) is 6.90. The van der Waals surface area contributed by atoms with Gasteiger partial charge < -0.3 is 0 Å². The molecule has 24 heavy (non-hydrogen) atoms. The molecular formula is C22H22N2. The molecule has 0 saturated carbocycles. The van der Waals surface area contributed by atoms with Crippen molar-refractivity contribution in [1.82, 2.24) is 9.88 Å². The number of pyridine rings is 1. The summed E-state index contributed by atoms with van der Waals surface area (Å²) in [5.74, 6) is 0. The van der Waals surface area contributed by atoms with Crippen LogP contribution < -0.4 is 0 Å². The van der Waals surface area contributed by atoms with Gasteiger partial charge in [-0.25, -0.2) is 0 Å². The highest BCUT2D eigenvalue weighted by atomic mass is 15.1. The summed E-state index contributed by atoms with van der Waals surface area (Å²) in [6.07, 6.45) is 6.14. The van der Waals surface area contributed by atoms with Crippen LogP contribution in [0.3, 0.4) is 0 Å². The molecule has 1 aliphatic heterocycles. The number of aryl methyl sites for hydroxylation is 1. The number of nitrogens with zero attached hydrogens (tertiary/aromatic N) is 2. The van der Waals surface area contributed by atoms with Gasteiger partial charge in [-0.2, -0.15) is 0 Å². The Balaban J connectivity index is 1.59. The van der Waals surface area contributed by atoms with Crippen molar-refractivity contribution in [3.05, 3.63) is 89.7 Å². The van der Waals surface area contributed by atoms with Gasteiger partial charge in [-0.05, 0) is 65.4 Å². The zero-order valence-corrected chi connectivity index (χ0v) is 13.9. The number of benzene rings is 2. The van der Waals surface area contributed by atoms with Crippen molar-refractivity contribution in [3.63, 3.8) is 0 Å². The first kappa shape index (κ1) is 15.1. The molecule has 2 aromatic carbocycles. The molecular weight excluding hydrogens is 292 g/mol. The van der Waals surface area contributed by atoms with Crippen molar-refractivity contribution in [3.8, 4) is 11.1 Å². The first-order chi connectivity index (χ1) is 11.9. The van der Waals surface area contributed by atoms with Crippen molar-refractivity contribution in [1.29, 1.82) is 0 Å². The van der Waals surface area contributed by atoms with Crippen molar-refractivity contribution in [2.24, 2.45) is 0 Å². The summed E-state index contributed by atoms with van der Waals surface area (Å²) in [6, 6.07) is 21.9. The average Bonchev–Trinajstić information content (AvgIpc) is 2.84. The van der Waals surface area contributed by atoms with E-state index in [1.165, 1.54) is 40.7 Å². The highest BCUT2D eigenvalue weighted by Gasteiger charge is 2.15. The molecule has 0 aliphatic carbocycles. The second-order valence-corrected chi connectivity index (χ2v) is 6.52. The molecule has 2 heterocycles. The van der Waals surface area contributed by atoms with Gasteiger partial charge in [0.05, 0.1) is 0 Å². The molecule has 0 saturated heterocycles. The third kappa shape index (κ3) is 3.39. The monoisotopic (exact) mass is 314 g/mol. The topological polar surface area (TPSA) is 16.1 Å². The molecule has 0 N–H and O–H groups in total. The van der Waals surface area contributed by atoms with E-state index in [1.807, 2.05) is 12.4 Å². The third-order valence-electron chi connectivity index (χ3n) is 4.78. The number of rotatable bonds is 3. The van der Waals surface area contributed by atoms with E-state index >= 15 is 0 Å². The minimum absolute atomic E-state index is 1.03. The Kier molecular flexibility index (Phi) is 4.39. The summed E-state index contributed by atoms with van der Waals surface area (Å²) in [6.45, 7) is 3.22. The van der Waals surface area contributed by atoms with Crippen molar-refractivity contribution in [2.45, 2.75) is 25.9 Å². The molecule has 0 bridgehead atoms. The molecule has 4 rings (SSSR count). The van der Waals surface area contributed by atoms with E-state index in [0.29, 0.717) is 0 Å². The summed E-state index contributed by atoms with van der Waals surface area (Å²) < 4.78 is 0. The van der Waals surface area contributed by atoms with Crippen LogP contribution in [0.5, 0.6) is 0 Å². The second kappa shape index (κ2) is 6.98. The normalized spacial score (nSPS) is 14.8. The van der Waals surface area contributed by atoms with Gasteiger partial charge in [-0.1, -0.05) is 42.5 Å². The molecule has 3 aromatic rings. The molecule has 2 heteroatoms. The Labute approximate surface area is 143 Å². The number of fused-ring (bicyclic) bond motifs is 1. The summed E-state index contributed by atoms with van der Waals surface area (Å²) in [5, 5.41) is 0. The van der Waals surface area contributed by atoms with Gasteiger partial charge in [-0.3, -0.25) is 9.88 Å². The second-order valence-electron chi connectivity index (χ2n) is 6.52. The van der Waals surface area contributed by atoms with Crippen LogP contribution in [0.15, 0.2) is 73.1 Å². The lowest BCUT2D eigenvalue weighted by Crippen LogP contribution is -2.22. The van der Waals surface area contributed by atoms with Gasteiger partial charge in [0, 0.05) is 25.5 Å². The lowest BCUT2D eigenvalue weighted by molar-refractivity contribution is 0.261. The van der Waals surface area contributed by atoms with Gasteiger partial charge in [0.1, 0.15) is 0 Å². The predicted octanol–water partition coefficient (Wildman–Crippen LogP) is 4.70. The van der Waals surface area contributed by atoms with Crippen molar-refractivity contribution >= 4 is 0 Å². The minimum Gasteiger partial charge on any atom is -0.295 e. The Hall–Kier alpha value is -2.45. The highest BCUT2D eigenvalue weighted by Crippen LogP contribution is 2.26. The minimum atomic E-state index is 1.03. The van der Waals surface area contributed by atoms with Gasteiger partial charge in [-0.15, -0.1) is 0 Å². The third-order valence-corrected chi connectivity index (χ3v) is 4.78. The van der Waals surface area contributed by atoms with E-state index in [9.17, 15) is 0 Å². The van der Waals surface area contributed by atoms with Gasteiger partial charge >= 0.3 is 0 Å². The van der Waals surface area contributed by atoms with Crippen LogP contribution in [0.1, 0.15) is 23.1 Å². The number of hydrogen-bond donors (Lipinski definition) is 0. The molecule has 0 fully saturated rings. The standard InChI is InChI=1S/C22H22N2/c1-2-5-18(6-3-1)16-24-14-4-7-19-8-9-21(15-22(19)17-24)20-10-12-23-13-11-20/h1-3,5-6,8-13,15H,4,7,14,16-17H2. The maximum absolute atomic E-state index is 4.12. The molecule has 0 amide bonds. The molecule has 0 unspecified atom stereocenters. The number of hydrogen-bond acceptors (Lipinski definition) is 2. The van der Waals surface area contributed by atoms with Gasteiger partial charge in [0.2, 0.25) is 0 Å². The fraction of sp³-hybridized carbons (Fsp3) is 0.227. The molecule has 0 radical (unpaired) electrons. The van der Waals surface area contributed by atoms with Crippen molar-refractivity contribution in [2.75, 3.05) is 6.54 Å². The zero-order chi connectivity index (χ0) is 16.2. The summed E-state index contributed by atoms with van der Waals surface area (Å²) in [4.78, 5) is 6.69. The first-order valence-corrected chi connectivity index (χ1v) is 8.67. The highest BCUT2D eigenvalue weighted by molar-refractivity contribution is 5.64. The van der Waals surface area contributed by atoms with E-state index in [2.05, 4.69) is 70.5 Å². The SMILES string of the molecule is c1ccc(CN2CCCc3ccc(-c4ccncc4)cc3C2)cc1. The van der Waals surface area contributed by atoms with E-state index in [-0.39, 0.29) is 0 Å². The number of aromatic nitrogens is 1. The van der Waals surface area contributed by atoms with Crippen LogP contribution in [0.2, 0.25) is 0 Å². The maximum atomic E-state index is 4.12. The van der Waals surface area contributed by atoms with Crippen LogP contribution in [0.4, 0.5) is 0 Å². The fourth-order valence-electron chi connectivity index (χ4n) is 3.53. The van der Waals surface area contributed by atoms with Crippen LogP contribution in [-0.2, 0) is 19.5 Å². The Morgan fingerprint density at radius 2 is 1.67 bits per heavy atom. The fourth-order valence-corrected chi connectivity index (χ4v) is 3.53. The predicted molar refractivity (Wildman–Crippen MR) is 98.6 cm³/mol. The molecule has 2 nitrogen and oxygen atoms in total. The van der Waals surface area contributed by atoms with Crippen LogP contribution in [0.25, 0.3) is 11.1 Å². The lowest BCUT2D eigenvalue weighted by atomic mass is 9.98. The van der Waals surface area contributed by atoms with Gasteiger partial charge in [0.15, 0.2) is 0 Å². The zero-order valence-electron chi connectivity index (χ0n) is 13.9. The van der Waals surface area contributed by atoms with Crippen molar-refractivity contribution < 1.29 is 0 Å².